The quantitative estimate of drug-likeness (QED) is 0.432. The number of aryl methyl sites for hydroxylation is 4. The Kier molecular flexibility index (Phi) is 6.15. The van der Waals surface area contributed by atoms with E-state index in [9.17, 15) is 19.7 Å². The average Bonchev–Trinajstić information content (AvgIpc) is 2.73. The van der Waals surface area contributed by atoms with E-state index in [1.54, 1.807) is 12.1 Å². The Bertz CT molecular complexity index is 1120. The molecule has 31 heavy (non-hydrogen) atoms. The molecule has 0 saturated heterocycles. The van der Waals surface area contributed by atoms with Crippen LogP contribution in [0.2, 0.25) is 0 Å². The Labute approximate surface area is 180 Å². The van der Waals surface area contributed by atoms with E-state index in [2.05, 4.69) is 10.6 Å². The van der Waals surface area contributed by atoms with Gasteiger partial charge in [0.05, 0.1) is 4.92 Å². The van der Waals surface area contributed by atoms with Gasteiger partial charge in [-0.2, -0.15) is 0 Å². The molecule has 0 radical (unpaired) electrons. The number of non-ortho nitro benzene ring substituents is 1. The van der Waals surface area contributed by atoms with Crippen molar-refractivity contribution in [3.05, 3.63) is 98.1 Å². The van der Waals surface area contributed by atoms with Gasteiger partial charge in [0, 0.05) is 34.6 Å². The maximum Gasteiger partial charge on any atom is 0.271 e. The minimum atomic E-state index is -0.625. The Hall–Kier alpha value is -4.00. The lowest BCUT2D eigenvalue weighted by molar-refractivity contribution is -0.384. The lowest BCUT2D eigenvalue weighted by atomic mass is 10.1. The SMILES string of the molecule is Cc1ccc(NC(=O)c2cc(C(=O)Nc3ccc(C)c(C)c3)cc([N+](=O)[O-])c2)cc1C. The molecule has 0 aliphatic carbocycles. The predicted octanol–water partition coefficient (Wildman–Crippen LogP) is 5.33. The third-order valence-corrected chi connectivity index (χ3v) is 5.18. The summed E-state index contributed by atoms with van der Waals surface area (Å²) in [6.45, 7) is 7.77. The van der Waals surface area contributed by atoms with E-state index in [4.69, 9.17) is 0 Å². The van der Waals surface area contributed by atoms with Crippen LogP contribution in [0.5, 0.6) is 0 Å². The fourth-order valence-corrected chi connectivity index (χ4v) is 3.02. The first-order valence-electron chi connectivity index (χ1n) is 9.71. The van der Waals surface area contributed by atoms with Crippen molar-refractivity contribution in [2.45, 2.75) is 27.7 Å². The summed E-state index contributed by atoms with van der Waals surface area (Å²) in [4.78, 5) is 36.2. The lowest BCUT2D eigenvalue weighted by Crippen LogP contribution is -2.16. The highest BCUT2D eigenvalue weighted by atomic mass is 16.6. The van der Waals surface area contributed by atoms with E-state index in [-0.39, 0.29) is 16.8 Å². The van der Waals surface area contributed by atoms with Crippen LogP contribution in [-0.2, 0) is 0 Å². The van der Waals surface area contributed by atoms with Crippen molar-refractivity contribution >= 4 is 28.9 Å². The molecule has 0 bridgehead atoms. The molecule has 0 aliphatic rings. The second-order valence-corrected chi connectivity index (χ2v) is 7.53. The number of amides is 2. The van der Waals surface area contributed by atoms with Gasteiger partial charge in [-0.05, 0) is 80.3 Å². The monoisotopic (exact) mass is 417 g/mol. The van der Waals surface area contributed by atoms with Crippen LogP contribution in [0.1, 0.15) is 43.0 Å². The van der Waals surface area contributed by atoms with Crippen LogP contribution in [0.25, 0.3) is 0 Å². The van der Waals surface area contributed by atoms with Gasteiger partial charge in [-0.25, -0.2) is 0 Å². The predicted molar refractivity (Wildman–Crippen MR) is 121 cm³/mol. The number of hydrogen-bond donors (Lipinski definition) is 2. The van der Waals surface area contributed by atoms with E-state index in [0.29, 0.717) is 11.4 Å². The van der Waals surface area contributed by atoms with E-state index >= 15 is 0 Å². The Morgan fingerprint density at radius 1 is 0.677 bits per heavy atom. The van der Waals surface area contributed by atoms with Gasteiger partial charge >= 0.3 is 0 Å². The van der Waals surface area contributed by atoms with Crippen molar-refractivity contribution in [1.29, 1.82) is 0 Å². The van der Waals surface area contributed by atoms with Gasteiger partial charge in [0.15, 0.2) is 0 Å². The molecule has 0 fully saturated rings. The Balaban J connectivity index is 1.89. The number of rotatable bonds is 5. The van der Waals surface area contributed by atoms with Crippen molar-refractivity contribution in [1.82, 2.24) is 0 Å². The minimum absolute atomic E-state index is 0.0256. The zero-order chi connectivity index (χ0) is 22.7. The molecule has 3 aromatic carbocycles. The van der Waals surface area contributed by atoms with Crippen molar-refractivity contribution in [3.8, 4) is 0 Å². The van der Waals surface area contributed by atoms with Crippen LogP contribution in [0.15, 0.2) is 54.6 Å². The number of nitro groups is 1. The normalized spacial score (nSPS) is 10.5. The number of benzene rings is 3. The first-order chi connectivity index (χ1) is 14.6. The third kappa shape index (κ3) is 5.14. The molecule has 0 aromatic heterocycles. The summed E-state index contributed by atoms with van der Waals surface area (Å²) in [5.41, 5.74) is 5.03. The molecule has 0 spiro atoms. The van der Waals surface area contributed by atoms with E-state index < -0.39 is 16.7 Å². The summed E-state index contributed by atoms with van der Waals surface area (Å²) >= 11 is 0. The number of carbonyl (C=O) groups excluding carboxylic acids is 2. The molecule has 0 unspecified atom stereocenters. The molecule has 2 N–H and O–H groups in total. The van der Waals surface area contributed by atoms with Gasteiger partial charge in [-0.3, -0.25) is 19.7 Å². The van der Waals surface area contributed by atoms with Crippen LogP contribution in [0.4, 0.5) is 17.1 Å². The molecule has 3 aromatic rings. The summed E-state index contributed by atoms with van der Waals surface area (Å²) in [6, 6.07) is 14.6. The number of nitrogens with one attached hydrogen (secondary N) is 2. The highest BCUT2D eigenvalue weighted by Crippen LogP contribution is 2.22. The molecule has 2 amide bonds. The summed E-state index contributed by atoms with van der Waals surface area (Å²) in [7, 11) is 0. The lowest BCUT2D eigenvalue weighted by Gasteiger charge is -2.10. The topological polar surface area (TPSA) is 101 Å². The second kappa shape index (κ2) is 8.79. The van der Waals surface area contributed by atoms with Crippen LogP contribution < -0.4 is 10.6 Å². The minimum Gasteiger partial charge on any atom is -0.322 e. The van der Waals surface area contributed by atoms with Crippen molar-refractivity contribution in [3.63, 3.8) is 0 Å². The number of nitrogens with zero attached hydrogens (tertiary/aromatic N) is 1. The number of nitro benzene ring substituents is 1. The summed E-state index contributed by atoms with van der Waals surface area (Å²) in [5.74, 6) is -1.07. The van der Waals surface area contributed by atoms with Gasteiger partial charge in [0.2, 0.25) is 0 Å². The molecule has 0 saturated carbocycles. The number of hydrogen-bond acceptors (Lipinski definition) is 4. The van der Waals surface area contributed by atoms with Crippen LogP contribution >= 0.6 is 0 Å². The Morgan fingerprint density at radius 3 is 1.45 bits per heavy atom. The van der Waals surface area contributed by atoms with Gasteiger partial charge in [0.1, 0.15) is 0 Å². The van der Waals surface area contributed by atoms with Gasteiger partial charge in [-0.15, -0.1) is 0 Å². The highest BCUT2D eigenvalue weighted by molar-refractivity contribution is 6.09. The molecule has 0 atom stereocenters. The molecular weight excluding hydrogens is 394 g/mol. The van der Waals surface area contributed by atoms with Crippen LogP contribution in [0, 0.1) is 37.8 Å². The van der Waals surface area contributed by atoms with Crippen molar-refractivity contribution in [2.24, 2.45) is 0 Å². The summed E-state index contributed by atoms with van der Waals surface area (Å²) < 4.78 is 0. The molecule has 3 rings (SSSR count). The fourth-order valence-electron chi connectivity index (χ4n) is 3.02. The fraction of sp³-hybridized carbons (Fsp3) is 0.167. The molecule has 7 heteroatoms. The van der Waals surface area contributed by atoms with E-state index in [0.717, 1.165) is 34.4 Å². The van der Waals surface area contributed by atoms with Crippen LogP contribution in [0.3, 0.4) is 0 Å². The maximum absolute atomic E-state index is 12.7. The van der Waals surface area contributed by atoms with Crippen LogP contribution in [-0.4, -0.2) is 16.7 Å². The Morgan fingerprint density at radius 2 is 1.10 bits per heavy atom. The smallest absolute Gasteiger partial charge is 0.271 e. The zero-order valence-electron chi connectivity index (χ0n) is 17.8. The highest BCUT2D eigenvalue weighted by Gasteiger charge is 2.18. The molecular formula is C24H23N3O4. The van der Waals surface area contributed by atoms with Gasteiger partial charge in [-0.1, -0.05) is 12.1 Å². The summed E-state index contributed by atoms with van der Waals surface area (Å²) in [6.07, 6.45) is 0. The number of anilines is 2. The first kappa shape index (κ1) is 21.7. The van der Waals surface area contributed by atoms with Crippen molar-refractivity contribution < 1.29 is 14.5 Å². The second-order valence-electron chi connectivity index (χ2n) is 7.53. The van der Waals surface area contributed by atoms with Crippen molar-refractivity contribution in [2.75, 3.05) is 10.6 Å². The zero-order valence-corrected chi connectivity index (χ0v) is 17.8. The molecule has 0 heterocycles. The first-order valence-corrected chi connectivity index (χ1v) is 9.71. The van der Waals surface area contributed by atoms with E-state index in [1.165, 1.54) is 6.07 Å². The average molecular weight is 417 g/mol. The maximum atomic E-state index is 12.7. The molecule has 0 aliphatic heterocycles. The third-order valence-electron chi connectivity index (χ3n) is 5.18. The molecule has 158 valence electrons. The summed E-state index contributed by atoms with van der Waals surface area (Å²) in [5, 5.41) is 16.8. The van der Waals surface area contributed by atoms with Gasteiger partial charge < -0.3 is 10.6 Å². The number of carbonyl (C=O) groups is 2. The largest absolute Gasteiger partial charge is 0.322 e. The molecule has 7 nitrogen and oxygen atoms in total. The standard InChI is InChI=1S/C24H23N3O4/c1-14-5-7-20(9-16(14)3)25-23(28)18-11-19(13-22(12-18)27(30)31)24(29)26-21-8-6-15(2)17(4)10-21/h5-13H,1-4H3,(H,25,28)(H,26,29). The van der Waals surface area contributed by atoms with Gasteiger partial charge in [0.25, 0.3) is 17.5 Å². The van der Waals surface area contributed by atoms with E-state index in [1.807, 2.05) is 52.0 Å².